The van der Waals surface area contributed by atoms with E-state index in [4.69, 9.17) is 15.5 Å². The molecule has 2 N–H and O–H groups in total. The molecule has 0 saturated carbocycles. The largest absolute Gasteiger partial charge is 0.497 e. The molecule has 0 atom stereocenters. The van der Waals surface area contributed by atoms with E-state index in [0.29, 0.717) is 6.54 Å². The van der Waals surface area contributed by atoms with Gasteiger partial charge in [-0.2, -0.15) is 0 Å². The van der Waals surface area contributed by atoms with Gasteiger partial charge in [-0.3, -0.25) is 4.98 Å². The SMILES string of the molecule is COc1ccc(-c2cc(-c3ccccn3)nc(-c3cccc(CN)n3)c2)cc1. The molecule has 0 aliphatic carbocycles. The highest BCUT2D eigenvalue weighted by atomic mass is 16.5. The van der Waals surface area contributed by atoms with Crippen LogP contribution in [0.3, 0.4) is 0 Å². The van der Waals surface area contributed by atoms with Crippen LogP contribution in [-0.4, -0.2) is 22.1 Å². The molecule has 0 spiro atoms. The lowest BCUT2D eigenvalue weighted by Gasteiger charge is -2.10. The van der Waals surface area contributed by atoms with Gasteiger partial charge in [-0.05, 0) is 59.7 Å². The summed E-state index contributed by atoms with van der Waals surface area (Å²) >= 11 is 0. The zero-order chi connectivity index (χ0) is 19.3. The van der Waals surface area contributed by atoms with Crippen molar-refractivity contribution in [1.29, 1.82) is 0 Å². The Morgan fingerprint density at radius 1 is 0.750 bits per heavy atom. The minimum Gasteiger partial charge on any atom is -0.497 e. The van der Waals surface area contributed by atoms with Crippen molar-refractivity contribution in [2.24, 2.45) is 5.73 Å². The average molecular weight is 368 g/mol. The summed E-state index contributed by atoms with van der Waals surface area (Å²) in [5.41, 5.74) is 11.9. The Hall–Kier alpha value is -3.57. The van der Waals surface area contributed by atoms with E-state index in [1.165, 1.54) is 0 Å². The Morgan fingerprint density at radius 2 is 1.50 bits per heavy atom. The number of hydrogen-bond acceptors (Lipinski definition) is 5. The average Bonchev–Trinajstić information content (AvgIpc) is 2.79. The Bertz CT molecular complexity index is 1080. The second-order valence-corrected chi connectivity index (χ2v) is 6.29. The van der Waals surface area contributed by atoms with Gasteiger partial charge in [0.2, 0.25) is 0 Å². The lowest BCUT2D eigenvalue weighted by atomic mass is 10.0. The third kappa shape index (κ3) is 3.75. The second kappa shape index (κ2) is 7.98. The van der Waals surface area contributed by atoms with Crippen molar-refractivity contribution < 1.29 is 4.74 Å². The molecule has 0 bridgehead atoms. The molecule has 0 aliphatic heterocycles. The third-order valence-electron chi connectivity index (χ3n) is 4.45. The summed E-state index contributed by atoms with van der Waals surface area (Å²) in [7, 11) is 1.66. The van der Waals surface area contributed by atoms with Crippen LogP contribution in [0.25, 0.3) is 33.9 Å². The van der Waals surface area contributed by atoms with Crippen LogP contribution in [0.4, 0.5) is 0 Å². The van der Waals surface area contributed by atoms with Crippen molar-refractivity contribution in [3.05, 3.63) is 84.7 Å². The van der Waals surface area contributed by atoms with Crippen molar-refractivity contribution in [1.82, 2.24) is 15.0 Å². The molecule has 3 heterocycles. The van der Waals surface area contributed by atoms with Crippen LogP contribution in [-0.2, 0) is 6.54 Å². The van der Waals surface area contributed by atoms with Crippen molar-refractivity contribution in [3.8, 4) is 39.7 Å². The number of ether oxygens (including phenoxy) is 1. The predicted molar refractivity (Wildman–Crippen MR) is 111 cm³/mol. The Balaban J connectivity index is 1.87. The molecule has 4 rings (SSSR count). The van der Waals surface area contributed by atoms with Crippen LogP contribution < -0.4 is 10.5 Å². The summed E-state index contributed by atoms with van der Waals surface area (Å²) in [5.74, 6) is 0.820. The van der Waals surface area contributed by atoms with E-state index >= 15 is 0 Å². The first-order valence-electron chi connectivity index (χ1n) is 9.01. The molecule has 1 aromatic carbocycles. The number of pyridine rings is 3. The monoisotopic (exact) mass is 368 g/mol. The van der Waals surface area contributed by atoms with E-state index in [1.54, 1.807) is 13.3 Å². The quantitative estimate of drug-likeness (QED) is 0.567. The highest BCUT2D eigenvalue weighted by Gasteiger charge is 2.11. The number of nitrogens with zero attached hydrogens (tertiary/aromatic N) is 3. The fraction of sp³-hybridized carbons (Fsp3) is 0.0870. The van der Waals surface area contributed by atoms with Crippen LogP contribution in [0, 0.1) is 0 Å². The normalized spacial score (nSPS) is 10.6. The molecule has 0 fully saturated rings. The van der Waals surface area contributed by atoms with Crippen LogP contribution in [0.15, 0.2) is 79.0 Å². The van der Waals surface area contributed by atoms with Crippen LogP contribution in [0.2, 0.25) is 0 Å². The first-order chi connectivity index (χ1) is 13.8. The number of benzene rings is 1. The van der Waals surface area contributed by atoms with Crippen molar-refractivity contribution >= 4 is 0 Å². The molecular weight excluding hydrogens is 348 g/mol. The maximum absolute atomic E-state index is 5.76. The van der Waals surface area contributed by atoms with Crippen LogP contribution in [0.5, 0.6) is 5.75 Å². The van der Waals surface area contributed by atoms with E-state index in [1.807, 2.05) is 72.8 Å². The summed E-state index contributed by atoms with van der Waals surface area (Å²) in [5, 5.41) is 0. The summed E-state index contributed by atoms with van der Waals surface area (Å²) in [6.45, 7) is 0.388. The molecule has 0 radical (unpaired) electrons. The lowest BCUT2D eigenvalue weighted by molar-refractivity contribution is 0.415. The van der Waals surface area contributed by atoms with Crippen LogP contribution in [0.1, 0.15) is 5.69 Å². The van der Waals surface area contributed by atoms with Gasteiger partial charge in [-0.25, -0.2) is 9.97 Å². The molecule has 0 unspecified atom stereocenters. The molecule has 28 heavy (non-hydrogen) atoms. The molecular formula is C23H20N4O. The van der Waals surface area contributed by atoms with Crippen molar-refractivity contribution in [2.45, 2.75) is 6.54 Å². The second-order valence-electron chi connectivity index (χ2n) is 6.29. The summed E-state index contributed by atoms with van der Waals surface area (Å²) < 4.78 is 5.27. The Morgan fingerprint density at radius 3 is 2.18 bits per heavy atom. The minimum atomic E-state index is 0.388. The fourth-order valence-corrected chi connectivity index (χ4v) is 2.99. The van der Waals surface area contributed by atoms with Gasteiger partial charge >= 0.3 is 0 Å². The van der Waals surface area contributed by atoms with Crippen molar-refractivity contribution in [3.63, 3.8) is 0 Å². The van der Waals surface area contributed by atoms with Gasteiger partial charge in [0, 0.05) is 12.7 Å². The smallest absolute Gasteiger partial charge is 0.118 e. The minimum absolute atomic E-state index is 0.388. The zero-order valence-electron chi connectivity index (χ0n) is 15.5. The van der Waals surface area contributed by atoms with Gasteiger partial charge in [0.1, 0.15) is 5.75 Å². The highest BCUT2D eigenvalue weighted by Crippen LogP contribution is 2.30. The van der Waals surface area contributed by atoms with Gasteiger partial charge < -0.3 is 10.5 Å². The molecule has 0 aliphatic rings. The Kier molecular flexibility index (Phi) is 5.08. The fourth-order valence-electron chi connectivity index (χ4n) is 2.99. The molecule has 0 saturated heterocycles. The first-order valence-corrected chi connectivity index (χ1v) is 9.01. The predicted octanol–water partition coefficient (Wildman–Crippen LogP) is 4.34. The third-order valence-corrected chi connectivity index (χ3v) is 4.45. The summed E-state index contributed by atoms with van der Waals surface area (Å²) in [6, 6.07) is 23.6. The standard InChI is InChI=1S/C23H20N4O/c1-28-19-10-8-16(9-11-19)17-13-22(20-6-2-3-12-25-20)27-23(14-17)21-7-4-5-18(15-24)26-21/h2-14H,15,24H2,1H3. The van der Waals surface area contributed by atoms with E-state index < -0.39 is 0 Å². The van der Waals surface area contributed by atoms with Gasteiger partial charge in [-0.15, -0.1) is 0 Å². The van der Waals surface area contributed by atoms with Gasteiger partial charge in [-0.1, -0.05) is 24.3 Å². The summed E-state index contributed by atoms with van der Waals surface area (Å²) in [6.07, 6.45) is 1.77. The van der Waals surface area contributed by atoms with Gasteiger partial charge in [0.15, 0.2) is 0 Å². The molecule has 5 nitrogen and oxygen atoms in total. The van der Waals surface area contributed by atoms with E-state index in [0.717, 1.165) is 45.3 Å². The number of aromatic nitrogens is 3. The lowest BCUT2D eigenvalue weighted by Crippen LogP contribution is -2.01. The number of methoxy groups -OCH3 is 1. The van der Waals surface area contributed by atoms with E-state index in [2.05, 4.69) is 9.97 Å². The molecule has 4 aromatic rings. The maximum Gasteiger partial charge on any atom is 0.118 e. The molecule has 138 valence electrons. The summed E-state index contributed by atoms with van der Waals surface area (Å²) in [4.78, 5) is 13.9. The Labute approximate surface area is 163 Å². The highest BCUT2D eigenvalue weighted by molar-refractivity contribution is 5.75. The van der Waals surface area contributed by atoms with Gasteiger partial charge in [0.05, 0.1) is 35.6 Å². The molecule has 5 heteroatoms. The van der Waals surface area contributed by atoms with Crippen molar-refractivity contribution in [2.75, 3.05) is 7.11 Å². The molecule has 0 amide bonds. The molecule has 3 aromatic heterocycles. The maximum atomic E-state index is 5.76. The first kappa shape index (κ1) is 17.8. The van der Waals surface area contributed by atoms with E-state index in [-0.39, 0.29) is 0 Å². The van der Waals surface area contributed by atoms with Gasteiger partial charge in [0.25, 0.3) is 0 Å². The zero-order valence-corrected chi connectivity index (χ0v) is 15.5. The van der Waals surface area contributed by atoms with E-state index in [9.17, 15) is 0 Å². The number of hydrogen-bond donors (Lipinski definition) is 1. The number of nitrogens with two attached hydrogens (primary N) is 1. The number of rotatable bonds is 5. The topological polar surface area (TPSA) is 73.9 Å². The van der Waals surface area contributed by atoms with Crippen LogP contribution >= 0.6 is 0 Å².